The van der Waals surface area contributed by atoms with Gasteiger partial charge in [-0.1, -0.05) is 33.6 Å². The van der Waals surface area contributed by atoms with Crippen LogP contribution in [0.25, 0.3) is 0 Å². The molecule has 0 amide bonds. The van der Waals surface area contributed by atoms with E-state index in [2.05, 4.69) is 20.9 Å². The Kier molecular flexibility index (Phi) is 3.63. The molecule has 0 N–H and O–H groups in total. The maximum Gasteiger partial charge on any atom is 0.133 e. The Hall–Kier alpha value is 0.210. The molecule has 0 aliphatic heterocycles. The first-order valence-corrected chi connectivity index (χ1v) is 5.07. The van der Waals surface area contributed by atoms with E-state index in [9.17, 15) is 0 Å². The van der Waals surface area contributed by atoms with Crippen molar-refractivity contribution in [1.82, 2.24) is 4.98 Å². The van der Waals surface area contributed by atoms with Gasteiger partial charge in [0.1, 0.15) is 5.15 Å². The Labute approximate surface area is 83.9 Å². The zero-order valence-electron chi connectivity index (χ0n) is 5.65. The molecule has 0 spiro atoms. The van der Waals surface area contributed by atoms with Crippen LogP contribution in [0.15, 0.2) is 12.1 Å². The third-order valence-corrected chi connectivity index (χ3v) is 2.45. The van der Waals surface area contributed by atoms with Crippen LogP contribution in [0.1, 0.15) is 11.3 Å². The minimum Gasteiger partial charge on any atom is -0.240 e. The van der Waals surface area contributed by atoms with Crippen LogP contribution in [0.2, 0.25) is 5.15 Å². The van der Waals surface area contributed by atoms with Crippen molar-refractivity contribution in [1.29, 1.82) is 0 Å². The lowest BCUT2D eigenvalue weighted by Gasteiger charge is -1.99. The van der Waals surface area contributed by atoms with Crippen molar-refractivity contribution < 1.29 is 0 Å². The fourth-order valence-electron chi connectivity index (χ4n) is 0.675. The number of aromatic nitrogens is 1. The molecule has 11 heavy (non-hydrogen) atoms. The van der Waals surface area contributed by atoms with Crippen molar-refractivity contribution in [2.24, 2.45) is 0 Å². The van der Waals surface area contributed by atoms with Crippen molar-refractivity contribution in [3.8, 4) is 0 Å². The molecule has 0 aromatic carbocycles. The first kappa shape index (κ1) is 9.30. The Balaban J connectivity index is 2.99. The normalized spacial score (nSPS) is 10.1. The Bertz CT molecular complexity index is 252. The summed E-state index contributed by atoms with van der Waals surface area (Å²) in [4.78, 5) is 4.10. The molecule has 0 radical (unpaired) electrons. The van der Waals surface area contributed by atoms with Gasteiger partial charge in [0.15, 0.2) is 0 Å². The Morgan fingerprint density at radius 3 is 2.64 bits per heavy atom. The minimum atomic E-state index is 0.411. The highest BCUT2D eigenvalue weighted by molar-refractivity contribution is 9.08. The summed E-state index contributed by atoms with van der Waals surface area (Å²) in [5.74, 6) is 0.411. The summed E-state index contributed by atoms with van der Waals surface area (Å²) in [5.41, 5.74) is 1.79. The molecule has 0 unspecified atom stereocenters. The van der Waals surface area contributed by atoms with Crippen molar-refractivity contribution in [2.75, 3.05) is 0 Å². The number of alkyl halides is 2. The second-order valence-corrected chi connectivity index (χ2v) is 3.21. The van der Waals surface area contributed by atoms with Gasteiger partial charge >= 0.3 is 0 Å². The van der Waals surface area contributed by atoms with Crippen molar-refractivity contribution >= 4 is 39.1 Å². The highest BCUT2D eigenvalue weighted by atomic mass is 79.9. The Morgan fingerprint density at radius 2 is 2.18 bits per heavy atom. The topological polar surface area (TPSA) is 12.9 Å². The zero-order chi connectivity index (χ0) is 8.27. The molecule has 0 aliphatic carbocycles. The molecule has 1 aromatic heterocycles. The monoisotopic (exact) mass is 253 g/mol. The van der Waals surface area contributed by atoms with Gasteiger partial charge in [0.05, 0.1) is 11.6 Å². The quantitative estimate of drug-likeness (QED) is 0.583. The molecule has 0 aliphatic rings. The summed E-state index contributed by atoms with van der Waals surface area (Å²) in [6.07, 6.45) is 0. The highest BCUT2D eigenvalue weighted by Crippen LogP contribution is 2.16. The predicted octanol–water partition coefficient (Wildman–Crippen LogP) is 3.37. The second-order valence-electron chi connectivity index (χ2n) is 2.02. The zero-order valence-corrected chi connectivity index (χ0v) is 8.75. The van der Waals surface area contributed by atoms with Crippen LogP contribution in [0.5, 0.6) is 0 Å². The highest BCUT2D eigenvalue weighted by Gasteiger charge is 2.00. The summed E-state index contributed by atoms with van der Waals surface area (Å²) in [7, 11) is 0. The lowest BCUT2D eigenvalue weighted by atomic mass is 10.3. The van der Waals surface area contributed by atoms with Crippen LogP contribution in [0.4, 0.5) is 0 Å². The standard InChI is InChI=1S/C7H6BrCl2N/c8-3-6-2-1-5(4-9)7(10)11-6/h1-2H,3-4H2. The second kappa shape index (κ2) is 4.29. The fourth-order valence-corrected chi connectivity index (χ4v) is 1.51. The van der Waals surface area contributed by atoms with Crippen LogP contribution >= 0.6 is 39.1 Å². The number of halogens is 3. The van der Waals surface area contributed by atoms with Gasteiger partial charge in [0, 0.05) is 10.9 Å². The summed E-state index contributed by atoms with van der Waals surface area (Å²) in [6.45, 7) is 0. The van der Waals surface area contributed by atoms with Gasteiger partial charge in [-0.2, -0.15) is 0 Å². The molecule has 0 atom stereocenters. The van der Waals surface area contributed by atoms with E-state index >= 15 is 0 Å². The molecule has 0 bridgehead atoms. The van der Waals surface area contributed by atoms with Gasteiger partial charge < -0.3 is 0 Å². The number of rotatable bonds is 2. The van der Waals surface area contributed by atoms with Gasteiger partial charge in [0.25, 0.3) is 0 Å². The smallest absolute Gasteiger partial charge is 0.133 e. The van der Waals surface area contributed by atoms with Crippen LogP contribution in [0, 0.1) is 0 Å². The number of hydrogen-bond acceptors (Lipinski definition) is 1. The van der Waals surface area contributed by atoms with E-state index in [1.54, 1.807) is 0 Å². The van der Waals surface area contributed by atoms with Crippen molar-refractivity contribution in [3.63, 3.8) is 0 Å². The molecule has 0 fully saturated rings. The molecule has 1 heterocycles. The summed E-state index contributed by atoms with van der Waals surface area (Å²) >= 11 is 14.7. The maximum atomic E-state index is 5.79. The van der Waals surface area contributed by atoms with E-state index in [0.29, 0.717) is 11.0 Å². The van der Waals surface area contributed by atoms with Gasteiger partial charge in [-0.15, -0.1) is 11.6 Å². The average Bonchev–Trinajstić information content (AvgIpc) is 2.04. The summed E-state index contributed by atoms with van der Waals surface area (Å²) in [5, 5.41) is 1.21. The molecule has 1 nitrogen and oxygen atoms in total. The van der Waals surface area contributed by atoms with Crippen molar-refractivity contribution in [3.05, 3.63) is 28.5 Å². The van der Waals surface area contributed by atoms with E-state index < -0.39 is 0 Å². The molecule has 1 aromatic rings. The van der Waals surface area contributed by atoms with Gasteiger partial charge in [-0.3, -0.25) is 0 Å². The number of nitrogens with zero attached hydrogens (tertiary/aromatic N) is 1. The molecular weight excluding hydrogens is 249 g/mol. The third-order valence-electron chi connectivity index (χ3n) is 1.26. The largest absolute Gasteiger partial charge is 0.240 e. The van der Waals surface area contributed by atoms with Gasteiger partial charge in [-0.25, -0.2) is 4.98 Å². The van der Waals surface area contributed by atoms with Gasteiger partial charge in [-0.05, 0) is 6.07 Å². The molecule has 60 valence electrons. The summed E-state index contributed by atoms with van der Waals surface area (Å²) in [6, 6.07) is 3.79. The fraction of sp³-hybridized carbons (Fsp3) is 0.286. The number of hydrogen-bond donors (Lipinski definition) is 0. The third kappa shape index (κ3) is 2.32. The first-order chi connectivity index (χ1) is 5.27. The van der Waals surface area contributed by atoms with E-state index in [1.807, 2.05) is 12.1 Å². The van der Waals surface area contributed by atoms with E-state index in [1.165, 1.54) is 0 Å². The predicted molar refractivity (Wildman–Crippen MR) is 51.4 cm³/mol. The lowest BCUT2D eigenvalue weighted by Crippen LogP contribution is -1.89. The van der Waals surface area contributed by atoms with Crippen molar-refractivity contribution in [2.45, 2.75) is 11.2 Å². The molecule has 1 rings (SSSR count). The maximum absolute atomic E-state index is 5.79. The van der Waals surface area contributed by atoms with Crippen LogP contribution in [0.3, 0.4) is 0 Å². The number of pyridine rings is 1. The molecular formula is C7H6BrCl2N. The van der Waals surface area contributed by atoms with Gasteiger partial charge in [0.2, 0.25) is 0 Å². The van der Waals surface area contributed by atoms with Crippen LogP contribution in [-0.2, 0) is 11.2 Å². The first-order valence-electron chi connectivity index (χ1n) is 3.04. The molecule has 0 saturated carbocycles. The SMILES string of the molecule is ClCc1ccc(CBr)nc1Cl. The van der Waals surface area contributed by atoms with Crippen LogP contribution in [-0.4, -0.2) is 4.98 Å². The van der Waals surface area contributed by atoms with E-state index in [-0.39, 0.29) is 0 Å². The van der Waals surface area contributed by atoms with E-state index in [4.69, 9.17) is 23.2 Å². The van der Waals surface area contributed by atoms with Crippen LogP contribution < -0.4 is 0 Å². The molecule has 4 heteroatoms. The average molecular weight is 255 g/mol. The molecule has 0 saturated heterocycles. The minimum absolute atomic E-state index is 0.411. The summed E-state index contributed by atoms with van der Waals surface area (Å²) < 4.78 is 0. The van der Waals surface area contributed by atoms with E-state index in [0.717, 1.165) is 16.6 Å². The lowest BCUT2D eigenvalue weighted by molar-refractivity contribution is 1.15. The Morgan fingerprint density at radius 1 is 1.45 bits per heavy atom.